The first-order valence-corrected chi connectivity index (χ1v) is 8.56. The third-order valence-corrected chi connectivity index (χ3v) is 4.06. The summed E-state index contributed by atoms with van der Waals surface area (Å²) in [5.74, 6) is -0.567. The lowest BCUT2D eigenvalue weighted by molar-refractivity contribution is -0.136. The highest BCUT2D eigenvalue weighted by Crippen LogP contribution is 2.35. The van der Waals surface area contributed by atoms with Crippen molar-refractivity contribution in [2.75, 3.05) is 10.6 Å². The number of nitrogens with zero attached hydrogens (tertiary/aromatic N) is 1. The minimum atomic E-state index is -4.49. The van der Waals surface area contributed by atoms with E-state index < -0.39 is 17.6 Å². The summed E-state index contributed by atoms with van der Waals surface area (Å²) in [5.41, 5.74) is 0.513. The van der Waals surface area contributed by atoms with Crippen LogP contribution in [0.25, 0.3) is 0 Å². The molecule has 3 rings (SSSR count). The number of anilines is 3. The van der Waals surface area contributed by atoms with Gasteiger partial charge in [-0.2, -0.15) is 13.2 Å². The maximum absolute atomic E-state index is 13.1. The number of nitrogens with one attached hydrogen (secondary N) is 2. The van der Waals surface area contributed by atoms with Crippen molar-refractivity contribution in [3.63, 3.8) is 0 Å². The monoisotopic (exact) mass is 399 g/mol. The number of hydrogen-bond acceptors (Lipinski definition) is 4. The maximum Gasteiger partial charge on any atom is 0.418 e. The van der Waals surface area contributed by atoms with Crippen LogP contribution in [0.4, 0.5) is 30.2 Å². The van der Waals surface area contributed by atoms with Crippen molar-refractivity contribution in [3.8, 4) is 0 Å². The van der Waals surface area contributed by atoms with Gasteiger partial charge in [0.25, 0.3) is 5.91 Å². The molecule has 0 aliphatic carbocycles. The van der Waals surface area contributed by atoms with E-state index in [2.05, 4.69) is 15.6 Å². The van der Waals surface area contributed by atoms with Gasteiger partial charge >= 0.3 is 6.18 Å². The molecule has 8 heteroatoms. The first kappa shape index (κ1) is 20.1. The molecule has 0 saturated carbocycles. The van der Waals surface area contributed by atoms with E-state index in [0.717, 1.165) is 6.07 Å². The second-order valence-electron chi connectivity index (χ2n) is 6.19. The Kier molecular flexibility index (Phi) is 5.63. The Hall–Kier alpha value is -3.68. The van der Waals surface area contributed by atoms with Crippen LogP contribution in [0.15, 0.2) is 66.9 Å². The number of benzene rings is 2. The zero-order valence-electron chi connectivity index (χ0n) is 15.2. The standard InChI is InChI=1S/C21H16F3N3O2/c1-13(28)14-6-8-15(9-7-14)27-20(29)19-11-10-16(12-25-19)26-18-5-3-2-4-17(18)21(22,23)24/h2-12,26H,1H3,(H,27,29). The molecule has 0 spiro atoms. The lowest BCUT2D eigenvalue weighted by atomic mass is 10.1. The minimum Gasteiger partial charge on any atom is -0.354 e. The van der Waals surface area contributed by atoms with Crippen molar-refractivity contribution >= 4 is 28.8 Å². The number of ketones is 1. The highest BCUT2D eigenvalue weighted by atomic mass is 19.4. The van der Waals surface area contributed by atoms with Crippen molar-refractivity contribution in [2.45, 2.75) is 13.1 Å². The molecule has 2 aromatic carbocycles. The van der Waals surface area contributed by atoms with E-state index >= 15 is 0 Å². The fourth-order valence-corrected chi connectivity index (χ4v) is 2.58. The lowest BCUT2D eigenvalue weighted by Crippen LogP contribution is -2.14. The highest BCUT2D eigenvalue weighted by molar-refractivity contribution is 6.03. The third-order valence-electron chi connectivity index (χ3n) is 4.06. The molecule has 0 saturated heterocycles. The summed E-state index contributed by atoms with van der Waals surface area (Å²) in [6.07, 6.45) is -3.21. The predicted octanol–water partition coefficient (Wildman–Crippen LogP) is 5.30. The Morgan fingerprint density at radius 3 is 2.14 bits per heavy atom. The second-order valence-corrected chi connectivity index (χ2v) is 6.19. The highest BCUT2D eigenvalue weighted by Gasteiger charge is 2.33. The molecule has 1 aromatic heterocycles. The van der Waals surface area contributed by atoms with Crippen LogP contribution < -0.4 is 10.6 Å². The van der Waals surface area contributed by atoms with Crippen LogP contribution in [0.1, 0.15) is 33.3 Å². The van der Waals surface area contributed by atoms with Crippen LogP contribution in [0.3, 0.4) is 0 Å². The third kappa shape index (κ3) is 4.98. The number of amides is 1. The zero-order chi connectivity index (χ0) is 21.0. The van der Waals surface area contributed by atoms with Crippen molar-refractivity contribution < 1.29 is 22.8 Å². The SMILES string of the molecule is CC(=O)c1ccc(NC(=O)c2ccc(Nc3ccccc3C(F)(F)F)cn2)cc1. The van der Waals surface area contributed by atoms with E-state index in [4.69, 9.17) is 0 Å². The average molecular weight is 399 g/mol. The molecule has 29 heavy (non-hydrogen) atoms. The van der Waals surface area contributed by atoms with E-state index in [9.17, 15) is 22.8 Å². The van der Waals surface area contributed by atoms with Gasteiger partial charge in [0, 0.05) is 11.3 Å². The molecule has 5 nitrogen and oxygen atoms in total. The van der Waals surface area contributed by atoms with Gasteiger partial charge in [-0.05, 0) is 55.5 Å². The molecule has 0 bridgehead atoms. The van der Waals surface area contributed by atoms with E-state index in [1.54, 1.807) is 24.3 Å². The topological polar surface area (TPSA) is 71.1 Å². The maximum atomic E-state index is 13.1. The lowest BCUT2D eigenvalue weighted by Gasteiger charge is -2.14. The quantitative estimate of drug-likeness (QED) is 0.571. The number of alkyl halides is 3. The molecule has 3 aromatic rings. The smallest absolute Gasteiger partial charge is 0.354 e. The number of para-hydroxylation sites is 1. The van der Waals surface area contributed by atoms with Crippen LogP contribution in [0.2, 0.25) is 0 Å². The summed E-state index contributed by atoms with van der Waals surface area (Å²) in [4.78, 5) is 27.6. The van der Waals surface area contributed by atoms with E-state index in [-0.39, 0.29) is 17.2 Å². The number of pyridine rings is 1. The van der Waals surface area contributed by atoms with Gasteiger partial charge in [0.05, 0.1) is 23.1 Å². The Balaban J connectivity index is 1.70. The van der Waals surface area contributed by atoms with E-state index in [1.807, 2.05) is 0 Å². The molecular formula is C21H16F3N3O2. The van der Waals surface area contributed by atoms with Crippen molar-refractivity contribution in [3.05, 3.63) is 83.7 Å². The van der Waals surface area contributed by atoms with Crippen LogP contribution in [0.5, 0.6) is 0 Å². The molecule has 0 unspecified atom stereocenters. The molecule has 148 valence electrons. The molecule has 0 fully saturated rings. The summed E-state index contributed by atoms with van der Waals surface area (Å²) < 4.78 is 39.2. The largest absolute Gasteiger partial charge is 0.418 e. The number of halogens is 3. The summed E-state index contributed by atoms with van der Waals surface area (Å²) >= 11 is 0. The van der Waals surface area contributed by atoms with Gasteiger partial charge in [0.15, 0.2) is 5.78 Å². The molecular weight excluding hydrogens is 383 g/mol. The molecule has 0 atom stereocenters. The summed E-state index contributed by atoms with van der Waals surface area (Å²) in [6.45, 7) is 1.44. The van der Waals surface area contributed by atoms with Crippen molar-refractivity contribution in [2.24, 2.45) is 0 Å². The summed E-state index contributed by atoms with van der Waals surface area (Å²) in [5, 5.41) is 5.31. The van der Waals surface area contributed by atoms with Crippen LogP contribution >= 0.6 is 0 Å². The Morgan fingerprint density at radius 1 is 0.897 bits per heavy atom. The molecule has 2 N–H and O–H groups in total. The molecule has 1 heterocycles. The summed E-state index contributed by atoms with van der Waals surface area (Å²) in [7, 11) is 0. The van der Waals surface area contributed by atoms with Crippen molar-refractivity contribution in [1.82, 2.24) is 4.98 Å². The van der Waals surface area contributed by atoms with Gasteiger partial charge in [-0.3, -0.25) is 9.59 Å². The number of carbonyl (C=O) groups excluding carboxylic acids is 2. The van der Waals surface area contributed by atoms with Gasteiger partial charge in [0.2, 0.25) is 0 Å². The minimum absolute atomic E-state index is 0.0836. The number of carbonyl (C=O) groups is 2. The Labute approximate surface area is 164 Å². The predicted molar refractivity (Wildman–Crippen MR) is 103 cm³/mol. The number of aromatic nitrogens is 1. The first-order chi connectivity index (χ1) is 13.7. The molecule has 0 aliphatic rings. The first-order valence-electron chi connectivity index (χ1n) is 8.56. The van der Waals surface area contributed by atoms with Gasteiger partial charge in [-0.15, -0.1) is 0 Å². The van der Waals surface area contributed by atoms with E-state index in [0.29, 0.717) is 16.9 Å². The van der Waals surface area contributed by atoms with Gasteiger partial charge < -0.3 is 10.6 Å². The average Bonchev–Trinajstić information content (AvgIpc) is 2.68. The fraction of sp³-hybridized carbons (Fsp3) is 0.0952. The van der Waals surface area contributed by atoms with Gasteiger partial charge in [0.1, 0.15) is 5.69 Å². The van der Waals surface area contributed by atoms with Gasteiger partial charge in [-0.25, -0.2) is 4.98 Å². The Morgan fingerprint density at radius 2 is 1.55 bits per heavy atom. The van der Waals surface area contributed by atoms with Gasteiger partial charge in [-0.1, -0.05) is 12.1 Å². The normalized spacial score (nSPS) is 11.0. The Bertz CT molecular complexity index is 1030. The summed E-state index contributed by atoms with van der Waals surface area (Å²) in [6, 6.07) is 14.3. The second kappa shape index (κ2) is 8.14. The van der Waals surface area contributed by atoms with Crippen LogP contribution in [-0.2, 0) is 6.18 Å². The number of rotatable bonds is 5. The van der Waals surface area contributed by atoms with Crippen molar-refractivity contribution in [1.29, 1.82) is 0 Å². The van der Waals surface area contributed by atoms with Crippen LogP contribution in [-0.4, -0.2) is 16.7 Å². The van der Waals surface area contributed by atoms with E-state index in [1.165, 1.54) is 43.5 Å². The molecule has 1 amide bonds. The van der Waals surface area contributed by atoms with Crippen LogP contribution in [0, 0.1) is 0 Å². The fourth-order valence-electron chi connectivity index (χ4n) is 2.58. The zero-order valence-corrected chi connectivity index (χ0v) is 15.2. The molecule has 0 radical (unpaired) electrons. The molecule has 0 aliphatic heterocycles. The number of hydrogen-bond donors (Lipinski definition) is 2. The number of Topliss-reactive ketones (excluding diaryl/α,β-unsaturated/α-hetero) is 1.